The van der Waals surface area contributed by atoms with E-state index in [2.05, 4.69) is 46.8 Å². The normalized spacial score (nSPS) is 15.8. The van der Waals surface area contributed by atoms with E-state index in [1.165, 1.54) is 22.3 Å². The van der Waals surface area contributed by atoms with Gasteiger partial charge >= 0.3 is 0 Å². The topological polar surface area (TPSA) is 13.1 Å². The zero-order chi connectivity index (χ0) is 13.3. The quantitative estimate of drug-likeness (QED) is 0.687. The SMILES string of the molecule is CCC1=CCC(C(C)C)=C(C)c2oc(CC)cc21. The number of hydrogen-bond acceptors (Lipinski definition) is 1. The van der Waals surface area contributed by atoms with Gasteiger partial charge in [-0.3, -0.25) is 0 Å². The molecule has 0 N–H and O–H groups in total. The van der Waals surface area contributed by atoms with E-state index in [0.29, 0.717) is 5.92 Å². The molecule has 0 unspecified atom stereocenters. The van der Waals surface area contributed by atoms with Gasteiger partial charge in [0.05, 0.1) is 0 Å². The number of hydrogen-bond donors (Lipinski definition) is 0. The van der Waals surface area contributed by atoms with Crippen LogP contribution in [0.1, 0.15) is 64.5 Å². The number of fused-ring (bicyclic) bond motifs is 1. The summed E-state index contributed by atoms with van der Waals surface area (Å²) in [7, 11) is 0. The molecule has 1 nitrogen and oxygen atoms in total. The average Bonchev–Trinajstić information content (AvgIpc) is 2.72. The van der Waals surface area contributed by atoms with Crippen molar-refractivity contribution in [2.45, 2.75) is 53.9 Å². The molecule has 1 heterocycles. The van der Waals surface area contributed by atoms with Crippen molar-refractivity contribution in [3.05, 3.63) is 34.8 Å². The Morgan fingerprint density at radius 1 is 1.22 bits per heavy atom. The average molecular weight is 244 g/mol. The summed E-state index contributed by atoms with van der Waals surface area (Å²) in [6.45, 7) is 11.1. The van der Waals surface area contributed by atoms with Crippen molar-refractivity contribution in [1.82, 2.24) is 0 Å². The molecule has 0 atom stereocenters. The van der Waals surface area contributed by atoms with Gasteiger partial charge < -0.3 is 4.42 Å². The van der Waals surface area contributed by atoms with Gasteiger partial charge in [0, 0.05) is 12.0 Å². The summed E-state index contributed by atoms with van der Waals surface area (Å²) >= 11 is 0. The molecule has 1 aromatic rings. The maximum atomic E-state index is 6.06. The van der Waals surface area contributed by atoms with E-state index in [0.717, 1.165) is 30.8 Å². The predicted molar refractivity (Wildman–Crippen MR) is 78.4 cm³/mol. The van der Waals surface area contributed by atoms with Gasteiger partial charge in [-0.2, -0.15) is 0 Å². The van der Waals surface area contributed by atoms with E-state index < -0.39 is 0 Å². The van der Waals surface area contributed by atoms with Gasteiger partial charge in [-0.15, -0.1) is 0 Å². The Morgan fingerprint density at radius 2 is 1.94 bits per heavy atom. The molecule has 0 aromatic carbocycles. The third kappa shape index (κ3) is 2.19. The molecule has 1 heteroatoms. The van der Waals surface area contributed by atoms with E-state index in [-0.39, 0.29) is 0 Å². The molecule has 0 saturated carbocycles. The zero-order valence-corrected chi connectivity index (χ0v) is 12.3. The third-order valence-electron chi connectivity index (χ3n) is 3.95. The molecule has 18 heavy (non-hydrogen) atoms. The third-order valence-corrected chi connectivity index (χ3v) is 3.95. The highest BCUT2D eigenvalue weighted by atomic mass is 16.3. The van der Waals surface area contributed by atoms with Crippen LogP contribution in [-0.4, -0.2) is 0 Å². The van der Waals surface area contributed by atoms with Crippen molar-refractivity contribution in [1.29, 1.82) is 0 Å². The Balaban J connectivity index is 2.61. The molecular formula is C17H24O. The first kappa shape index (κ1) is 13.2. The first-order valence-electron chi connectivity index (χ1n) is 7.10. The molecule has 0 radical (unpaired) electrons. The minimum atomic E-state index is 0.584. The highest BCUT2D eigenvalue weighted by Gasteiger charge is 2.21. The standard InChI is InChI=1S/C17H24O/c1-6-13-8-9-15(11(3)4)12(5)17-16(13)10-14(7-2)18-17/h8,10-11H,6-7,9H2,1-5H3. The number of aryl methyl sites for hydroxylation is 1. The molecule has 98 valence electrons. The van der Waals surface area contributed by atoms with Gasteiger partial charge in [0.15, 0.2) is 0 Å². The maximum absolute atomic E-state index is 6.06. The maximum Gasteiger partial charge on any atom is 0.137 e. The Bertz CT molecular complexity index is 498. The van der Waals surface area contributed by atoms with Crippen molar-refractivity contribution >= 4 is 11.1 Å². The lowest BCUT2D eigenvalue weighted by Crippen LogP contribution is -1.95. The largest absolute Gasteiger partial charge is 0.461 e. The highest BCUT2D eigenvalue weighted by Crippen LogP contribution is 2.38. The molecule has 0 amide bonds. The van der Waals surface area contributed by atoms with Crippen LogP contribution in [0, 0.1) is 5.92 Å². The molecular weight excluding hydrogens is 220 g/mol. The van der Waals surface area contributed by atoms with Crippen LogP contribution in [0.25, 0.3) is 11.1 Å². The van der Waals surface area contributed by atoms with Gasteiger partial charge in [0.1, 0.15) is 11.5 Å². The number of rotatable bonds is 3. The molecule has 1 aliphatic rings. The van der Waals surface area contributed by atoms with Crippen LogP contribution < -0.4 is 0 Å². The van der Waals surface area contributed by atoms with Crippen LogP contribution in [0.3, 0.4) is 0 Å². The lowest BCUT2D eigenvalue weighted by atomic mass is 9.94. The van der Waals surface area contributed by atoms with Crippen LogP contribution in [0.5, 0.6) is 0 Å². The van der Waals surface area contributed by atoms with Crippen LogP contribution in [-0.2, 0) is 6.42 Å². The van der Waals surface area contributed by atoms with Crippen molar-refractivity contribution < 1.29 is 4.42 Å². The summed E-state index contributed by atoms with van der Waals surface area (Å²) < 4.78 is 6.06. The first-order chi connectivity index (χ1) is 8.58. The van der Waals surface area contributed by atoms with Crippen molar-refractivity contribution in [3.8, 4) is 0 Å². The summed E-state index contributed by atoms with van der Waals surface area (Å²) in [5.74, 6) is 2.80. The smallest absolute Gasteiger partial charge is 0.137 e. The van der Waals surface area contributed by atoms with Crippen LogP contribution in [0.2, 0.25) is 0 Å². The molecule has 1 aliphatic carbocycles. The number of furan rings is 1. The van der Waals surface area contributed by atoms with Crippen LogP contribution in [0.4, 0.5) is 0 Å². The molecule has 2 rings (SSSR count). The van der Waals surface area contributed by atoms with E-state index in [1.807, 2.05) is 0 Å². The van der Waals surface area contributed by atoms with Crippen molar-refractivity contribution in [2.24, 2.45) is 5.92 Å². The van der Waals surface area contributed by atoms with Gasteiger partial charge in [-0.05, 0) is 42.9 Å². The lowest BCUT2D eigenvalue weighted by Gasteiger charge is -2.12. The monoisotopic (exact) mass is 244 g/mol. The minimum Gasteiger partial charge on any atom is -0.461 e. The minimum absolute atomic E-state index is 0.584. The molecule has 0 bridgehead atoms. The number of allylic oxidation sites excluding steroid dienone is 4. The summed E-state index contributed by atoms with van der Waals surface area (Å²) in [6.07, 6.45) is 5.50. The highest BCUT2D eigenvalue weighted by molar-refractivity contribution is 5.80. The van der Waals surface area contributed by atoms with E-state index >= 15 is 0 Å². The van der Waals surface area contributed by atoms with Crippen molar-refractivity contribution in [3.63, 3.8) is 0 Å². The van der Waals surface area contributed by atoms with Gasteiger partial charge in [-0.25, -0.2) is 0 Å². The van der Waals surface area contributed by atoms with E-state index in [9.17, 15) is 0 Å². The molecule has 0 fully saturated rings. The lowest BCUT2D eigenvalue weighted by molar-refractivity contribution is 0.502. The molecule has 0 saturated heterocycles. The summed E-state index contributed by atoms with van der Waals surface area (Å²) in [6, 6.07) is 2.23. The Labute approximate surface area is 111 Å². The fourth-order valence-corrected chi connectivity index (χ4v) is 2.78. The van der Waals surface area contributed by atoms with Gasteiger partial charge in [0.25, 0.3) is 0 Å². The zero-order valence-electron chi connectivity index (χ0n) is 12.3. The second kappa shape index (κ2) is 5.17. The van der Waals surface area contributed by atoms with Gasteiger partial charge in [-0.1, -0.05) is 39.3 Å². The van der Waals surface area contributed by atoms with E-state index in [4.69, 9.17) is 4.42 Å². The summed E-state index contributed by atoms with van der Waals surface area (Å²) in [4.78, 5) is 0. The van der Waals surface area contributed by atoms with Gasteiger partial charge in [0.2, 0.25) is 0 Å². The molecule has 0 spiro atoms. The second-order valence-electron chi connectivity index (χ2n) is 5.40. The first-order valence-corrected chi connectivity index (χ1v) is 7.10. The van der Waals surface area contributed by atoms with E-state index in [1.54, 1.807) is 0 Å². The molecule has 0 aliphatic heterocycles. The Hall–Kier alpha value is -1.24. The van der Waals surface area contributed by atoms with Crippen LogP contribution in [0.15, 0.2) is 22.1 Å². The Kier molecular flexibility index (Phi) is 3.79. The molecule has 1 aromatic heterocycles. The summed E-state index contributed by atoms with van der Waals surface area (Å²) in [5, 5.41) is 0. The summed E-state index contributed by atoms with van der Waals surface area (Å²) in [5.41, 5.74) is 5.61. The fraction of sp³-hybridized carbons (Fsp3) is 0.529. The van der Waals surface area contributed by atoms with Crippen LogP contribution >= 0.6 is 0 Å². The van der Waals surface area contributed by atoms with Crippen molar-refractivity contribution in [2.75, 3.05) is 0 Å². The predicted octanol–water partition coefficient (Wildman–Crippen LogP) is 5.47. The second-order valence-corrected chi connectivity index (χ2v) is 5.40. The Morgan fingerprint density at radius 3 is 2.50 bits per heavy atom. The fourth-order valence-electron chi connectivity index (χ4n) is 2.78.